The number of benzene rings is 1. The monoisotopic (exact) mass is 328 g/mol. The Morgan fingerprint density at radius 3 is 2.50 bits per heavy atom. The van der Waals surface area contributed by atoms with Gasteiger partial charge in [0, 0.05) is 31.5 Å². The Morgan fingerprint density at radius 2 is 1.88 bits per heavy atom. The van der Waals surface area contributed by atoms with Crippen LogP contribution in [0.1, 0.15) is 16.1 Å². The molecule has 1 heterocycles. The molecule has 0 atom stereocenters. The van der Waals surface area contributed by atoms with E-state index in [9.17, 15) is 9.59 Å². The van der Waals surface area contributed by atoms with Crippen LogP contribution in [0, 0.1) is 0 Å². The Hall–Kier alpha value is -3.09. The summed E-state index contributed by atoms with van der Waals surface area (Å²) in [7, 11) is 4.89. The van der Waals surface area contributed by atoms with Crippen LogP contribution in [0.4, 0.5) is 10.5 Å². The van der Waals surface area contributed by atoms with E-state index in [0.717, 1.165) is 5.75 Å². The molecule has 0 aliphatic carbocycles. The maximum atomic E-state index is 12.3. The lowest BCUT2D eigenvalue weighted by molar-refractivity contribution is 0.102. The molecule has 0 bridgehead atoms. The number of nitrogens with one attached hydrogen (secondary N) is 2. The first-order chi connectivity index (χ1) is 11.5. The van der Waals surface area contributed by atoms with E-state index < -0.39 is 0 Å². The molecule has 1 aromatic heterocycles. The molecule has 0 aliphatic rings. The molecule has 7 nitrogen and oxygen atoms in total. The third kappa shape index (κ3) is 4.70. The fourth-order valence-electron chi connectivity index (χ4n) is 1.92. The zero-order chi connectivity index (χ0) is 17.5. The highest BCUT2D eigenvalue weighted by Gasteiger charge is 2.09. The summed E-state index contributed by atoms with van der Waals surface area (Å²) in [6.07, 6.45) is 1.54. The van der Waals surface area contributed by atoms with E-state index >= 15 is 0 Å². The van der Waals surface area contributed by atoms with E-state index in [2.05, 4.69) is 15.6 Å². The minimum absolute atomic E-state index is 0.218. The summed E-state index contributed by atoms with van der Waals surface area (Å²) in [5.74, 6) is 0.471. The fourth-order valence-corrected chi connectivity index (χ4v) is 1.92. The smallest absolute Gasteiger partial charge is 0.317 e. The van der Waals surface area contributed by atoms with Crippen molar-refractivity contribution >= 4 is 17.6 Å². The van der Waals surface area contributed by atoms with Crippen molar-refractivity contribution in [3.05, 3.63) is 53.9 Å². The number of carbonyl (C=O) groups excluding carboxylic acids is 2. The molecule has 3 amide bonds. The van der Waals surface area contributed by atoms with Crippen LogP contribution in [0.15, 0.2) is 42.6 Å². The lowest BCUT2D eigenvalue weighted by atomic mass is 10.2. The van der Waals surface area contributed by atoms with Crippen LogP contribution in [0.2, 0.25) is 0 Å². The van der Waals surface area contributed by atoms with Crippen molar-refractivity contribution in [2.24, 2.45) is 0 Å². The van der Waals surface area contributed by atoms with Crippen molar-refractivity contribution in [2.45, 2.75) is 6.54 Å². The van der Waals surface area contributed by atoms with Gasteiger partial charge in [0.15, 0.2) is 0 Å². The molecule has 0 radical (unpaired) electrons. The highest BCUT2D eigenvalue weighted by Crippen LogP contribution is 2.16. The normalized spacial score (nSPS) is 9.96. The van der Waals surface area contributed by atoms with Crippen molar-refractivity contribution in [3.8, 4) is 5.75 Å². The van der Waals surface area contributed by atoms with Crippen molar-refractivity contribution in [1.29, 1.82) is 0 Å². The first-order valence-electron chi connectivity index (χ1n) is 7.35. The van der Waals surface area contributed by atoms with Crippen LogP contribution in [-0.2, 0) is 6.54 Å². The summed E-state index contributed by atoms with van der Waals surface area (Å²) in [6, 6.07) is 10.1. The van der Waals surface area contributed by atoms with Gasteiger partial charge in [-0.1, -0.05) is 0 Å². The predicted octanol–water partition coefficient (Wildman–Crippen LogP) is 2.11. The van der Waals surface area contributed by atoms with Gasteiger partial charge < -0.3 is 20.3 Å². The van der Waals surface area contributed by atoms with Crippen molar-refractivity contribution in [3.63, 3.8) is 0 Å². The van der Waals surface area contributed by atoms with E-state index in [1.54, 1.807) is 63.8 Å². The van der Waals surface area contributed by atoms with Gasteiger partial charge in [0.1, 0.15) is 5.75 Å². The fraction of sp³-hybridized carbons (Fsp3) is 0.235. The first kappa shape index (κ1) is 17.3. The highest BCUT2D eigenvalue weighted by atomic mass is 16.5. The van der Waals surface area contributed by atoms with Gasteiger partial charge in [0.2, 0.25) is 0 Å². The molecule has 0 fully saturated rings. The molecule has 0 saturated heterocycles. The van der Waals surface area contributed by atoms with Crippen LogP contribution in [-0.4, -0.2) is 43.0 Å². The predicted molar refractivity (Wildman–Crippen MR) is 91.1 cm³/mol. The van der Waals surface area contributed by atoms with Crippen LogP contribution < -0.4 is 15.4 Å². The van der Waals surface area contributed by atoms with Crippen molar-refractivity contribution < 1.29 is 14.3 Å². The van der Waals surface area contributed by atoms with Crippen molar-refractivity contribution in [2.75, 3.05) is 26.5 Å². The average Bonchev–Trinajstić information content (AvgIpc) is 2.60. The second-order valence-corrected chi connectivity index (χ2v) is 5.27. The van der Waals surface area contributed by atoms with Crippen molar-refractivity contribution in [1.82, 2.24) is 15.2 Å². The number of aromatic nitrogens is 1. The summed E-state index contributed by atoms with van der Waals surface area (Å²) in [5.41, 5.74) is 1.74. The Labute approximate surface area is 140 Å². The van der Waals surface area contributed by atoms with E-state index in [1.165, 1.54) is 4.90 Å². The molecular formula is C17H20N4O3. The average molecular weight is 328 g/mol. The van der Waals surface area contributed by atoms with Gasteiger partial charge in [0.25, 0.3) is 5.91 Å². The number of ether oxygens (including phenoxy) is 1. The number of hydrogen-bond acceptors (Lipinski definition) is 4. The zero-order valence-electron chi connectivity index (χ0n) is 13.9. The Balaban J connectivity index is 2.01. The van der Waals surface area contributed by atoms with Gasteiger partial charge >= 0.3 is 6.03 Å². The number of hydrogen-bond donors (Lipinski definition) is 2. The zero-order valence-corrected chi connectivity index (χ0v) is 13.9. The molecule has 1 aromatic carbocycles. The molecule has 0 aliphatic heterocycles. The topological polar surface area (TPSA) is 83.6 Å². The molecule has 2 rings (SSSR count). The molecule has 2 N–H and O–H groups in total. The Kier molecular flexibility index (Phi) is 5.73. The summed E-state index contributed by atoms with van der Waals surface area (Å²) in [5, 5.41) is 5.51. The van der Waals surface area contributed by atoms with E-state index in [0.29, 0.717) is 16.9 Å². The summed E-state index contributed by atoms with van der Waals surface area (Å²) >= 11 is 0. The molecule has 126 valence electrons. The maximum Gasteiger partial charge on any atom is 0.317 e. The lowest BCUT2D eigenvalue weighted by Crippen LogP contribution is -2.34. The summed E-state index contributed by atoms with van der Waals surface area (Å²) in [4.78, 5) is 29.4. The van der Waals surface area contributed by atoms with Gasteiger partial charge in [-0.2, -0.15) is 0 Å². The van der Waals surface area contributed by atoms with Gasteiger partial charge in [-0.05, 0) is 36.4 Å². The van der Waals surface area contributed by atoms with Gasteiger partial charge in [-0.3, -0.25) is 9.78 Å². The molecule has 2 aromatic rings. The number of nitrogens with zero attached hydrogens (tertiary/aromatic N) is 2. The lowest BCUT2D eigenvalue weighted by Gasteiger charge is -2.12. The maximum absolute atomic E-state index is 12.3. The molecule has 24 heavy (non-hydrogen) atoms. The second kappa shape index (κ2) is 7.96. The highest BCUT2D eigenvalue weighted by molar-refractivity contribution is 6.04. The van der Waals surface area contributed by atoms with Crippen LogP contribution in [0.3, 0.4) is 0 Å². The number of anilines is 1. The van der Waals surface area contributed by atoms with E-state index in [-0.39, 0.29) is 18.5 Å². The Bertz CT molecular complexity index is 714. The third-order valence-electron chi connectivity index (χ3n) is 3.25. The number of pyridine rings is 1. The SMILES string of the molecule is COc1ccc(NC(=O)c2ccnc(CNC(=O)N(C)C)c2)cc1. The number of amides is 3. The molecular weight excluding hydrogens is 308 g/mol. The van der Waals surface area contributed by atoms with Gasteiger partial charge in [-0.25, -0.2) is 4.79 Å². The minimum Gasteiger partial charge on any atom is -0.497 e. The molecule has 0 spiro atoms. The van der Waals surface area contributed by atoms with E-state index in [1.807, 2.05) is 0 Å². The largest absolute Gasteiger partial charge is 0.497 e. The first-order valence-corrected chi connectivity index (χ1v) is 7.35. The van der Waals surface area contributed by atoms with Crippen LogP contribution in [0.5, 0.6) is 5.75 Å². The number of methoxy groups -OCH3 is 1. The quantitative estimate of drug-likeness (QED) is 0.880. The van der Waals surface area contributed by atoms with Gasteiger partial charge in [-0.15, -0.1) is 0 Å². The summed E-state index contributed by atoms with van der Waals surface area (Å²) in [6.45, 7) is 0.251. The Morgan fingerprint density at radius 1 is 1.17 bits per heavy atom. The second-order valence-electron chi connectivity index (χ2n) is 5.27. The van der Waals surface area contributed by atoms with Gasteiger partial charge in [0.05, 0.1) is 19.3 Å². The summed E-state index contributed by atoms with van der Waals surface area (Å²) < 4.78 is 5.08. The molecule has 7 heteroatoms. The number of carbonyl (C=O) groups is 2. The molecule has 0 unspecified atom stereocenters. The third-order valence-corrected chi connectivity index (χ3v) is 3.25. The minimum atomic E-state index is -0.247. The number of urea groups is 1. The van der Waals surface area contributed by atoms with Crippen LogP contribution >= 0.6 is 0 Å². The van der Waals surface area contributed by atoms with E-state index in [4.69, 9.17) is 4.74 Å². The standard InChI is InChI=1S/C17H20N4O3/c1-21(2)17(23)19-11-14-10-12(8-9-18-14)16(22)20-13-4-6-15(24-3)7-5-13/h4-10H,11H2,1-3H3,(H,19,23)(H,20,22). The van der Waals surface area contributed by atoms with Crippen LogP contribution in [0.25, 0.3) is 0 Å². The number of rotatable bonds is 5. The molecule has 0 saturated carbocycles.